The van der Waals surface area contributed by atoms with Crippen molar-refractivity contribution in [3.63, 3.8) is 0 Å². The normalized spacial score (nSPS) is 35.9. The van der Waals surface area contributed by atoms with Gasteiger partial charge in [0.1, 0.15) is 0 Å². The molecule has 3 saturated heterocycles. The van der Waals surface area contributed by atoms with Crippen molar-refractivity contribution in [1.82, 2.24) is 25.3 Å². The number of fused-ring (bicyclic) bond motifs is 2. The monoisotopic (exact) mass is 686 g/mol. The molecule has 2 N–H and O–H groups in total. The summed E-state index contributed by atoms with van der Waals surface area (Å²) in [5, 5.41) is 18.4. The van der Waals surface area contributed by atoms with E-state index in [-0.39, 0.29) is 29.4 Å². The molecule has 4 heterocycles. The summed E-state index contributed by atoms with van der Waals surface area (Å²) >= 11 is 0. The lowest BCUT2D eigenvalue weighted by atomic mass is 9.58. The molecule has 1 aromatic carbocycles. The van der Waals surface area contributed by atoms with Gasteiger partial charge in [0.05, 0.1) is 30.8 Å². The fraction of sp³-hybridized carbons (Fsp3) is 0.756. The summed E-state index contributed by atoms with van der Waals surface area (Å²) in [6.45, 7) is 11.1. The van der Waals surface area contributed by atoms with Crippen molar-refractivity contribution in [3.05, 3.63) is 42.0 Å². The average Bonchev–Trinajstić information content (AvgIpc) is 3.50. The minimum atomic E-state index is -0.271. The van der Waals surface area contributed by atoms with Gasteiger partial charge in [0, 0.05) is 56.9 Å². The molecular weight excluding hydrogens is 622 g/mol. The summed E-state index contributed by atoms with van der Waals surface area (Å²) in [5.74, 6) is 0.827. The number of likely N-dealkylation sites (N-methyl/N-ethyl adjacent to an activating group) is 1. The number of piperazine rings is 1. The number of carbonyl (C=O) groups is 1. The Morgan fingerprint density at radius 3 is 2.60 bits per heavy atom. The van der Waals surface area contributed by atoms with Crippen LogP contribution >= 0.6 is 0 Å². The lowest BCUT2D eigenvalue weighted by molar-refractivity contribution is -0.187. The maximum Gasteiger partial charge on any atom is 0.246 e. The third-order valence-corrected chi connectivity index (χ3v) is 13.8. The van der Waals surface area contributed by atoms with Gasteiger partial charge in [-0.15, -0.1) is 0 Å². The summed E-state index contributed by atoms with van der Waals surface area (Å²) in [4.78, 5) is 22.7. The van der Waals surface area contributed by atoms with E-state index in [2.05, 4.69) is 77.2 Å². The van der Waals surface area contributed by atoms with Crippen molar-refractivity contribution >= 4 is 11.6 Å². The first-order valence-electron chi connectivity index (χ1n) is 20.0. The molecular formula is C41H63N7O2. The van der Waals surface area contributed by atoms with Crippen LogP contribution in [-0.2, 0) is 16.0 Å². The Hall–Kier alpha value is -2.48. The number of ether oxygens (including phenoxy) is 1. The average molecular weight is 686 g/mol. The van der Waals surface area contributed by atoms with Gasteiger partial charge < -0.3 is 19.4 Å². The van der Waals surface area contributed by atoms with Gasteiger partial charge in [-0.25, -0.2) is 0 Å². The smallest absolute Gasteiger partial charge is 0.246 e. The van der Waals surface area contributed by atoms with Crippen LogP contribution in [0.5, 0.6) is 0 Å². The second-order valence-electron chi connectivity index (χ2n) is 17.0. The minimum Gasteiger partial charge on any atom is -0.374 e. The van der Waals surface area contributed by atoms with E-state index in [4.69, 9.17) is 4.74 Å². The summed E-state index contributed by atoms with van der Waals surface area (Å²) in [7, 11) is 4.53. The van der Waals surface area contributed by atoms with Crippen LogP contribution in [0.3, 0.4) is 0 Å². The minimum absolute atomic E-state index is 0.0560. The number of anilines is 1. The standard InChI is InChI=1S/C41H63N7O2/c1-5-38(49)48-23-22-47(27-33(48)18-20-42)41(32-12-9-7-6-8-10-13-32)35-17-19-40(25-31-24-30(2)15-16-37(31)46(4)29-40)26-36(35)43-39(44-41)50-28-34-14-11-21-45(34)3/h5,15-16,24,32-36,39,43-44H,1,6-14,17-19,21-23,25-29H2,2-4H3/t33?,34?,35?,36?,39?,40-,41?/m1/s1. The lowest BCUT2D eigenvalue weighted by Gasteiger charge is -2.65. The highest BCUT2D eigenvalue weighted by atomic mass is 16.5. The number of benzene rings is 1. The Labute approximate surface area is 301 Å². The molecule has 7 rings (SSSR count). The van der Waals surface area contributed by atoms with Gasteiger partial charge in [-0.05, 0) is 101 Å². The number of nitriles is 1. The predicted molar refractivity (Wildman–Crippen MR) is 199 cm³/mol. The molecule has 274 valence electrons. The summed E-state index contributed by atoms with van der Waals surface area (Å²) in [6.07, 6.45) is 17.5. The number of rotatable bonds is 7. The second-order valence-corrected chi connectivity index (χ2v) is 17.0. The van der Waals surface area contributed by atoms with Crippen LogP contribution in [0.15, 0.2) is 30.9 Å². The summed E-state index contributed by atoms with van der Waals surface area (Å²) < 4.78 is 6.97. The molecule has 1 aromatic rings. The molecule has 5 fully saturated rings. The van der Waals surface area contributed by atoms with Crippen LogP contribution in [-0.4, -0.2) is 104 Å². The van der Waals surface area contributed by atoms with Crippen molar-refractivity contribution in [2.24, 2.45) is 17.3 Å². The zero-order chi connectivity index (χ0) is 34.9. The molecule has 6 unspecified atom stereocenters. The van der Waals surface area contributed by atoms with Gasteiger partial charge in [-0.2, -0.15) is 5.26 Å². The molecule has 1 amide bonds. The van der Waals surface area contributed by atoms with E-state index in [9.17, 15) is 10.1 Å². The molecule has 0 radical (unpaired) electrons. The number of hydrogen-bond acceptors (Lipinski definition) is 8. The second kappa shape index (κ2) is 15.2. The van der Waals surface area contributed by atoms with Crippen LogP contribution in [0.1, 0.15) is 94.6 Å². The number of amides is 1. The van der Waals surface area contributed by atoms with Gasteiger partial charge in [0.2, 0.25) is 5.91 Å². The topological polar surface area (TPSA) is 87.1 Å². The van der Waals surface area contributed by atoms with Gasteiger partial charge in [0.15, 0.2) is 6.35 Å². The molecule has 0 aromatic heterocycles. The fourth-order valence-corrected chi connectivity index (χ4v) is 11.5. The van der Waals surface area contributed by atoms with Crippen LogP contribution in [0.25, 0.3) is 0 Å². The Kier molecular flexibility index (Phi) is 10.9. The van der Waals surface area contributed by atoms with Crippen molar-refractivity contribution < 1.29 is 9.53 Å². The summed E-state index contributed by atoms with van der Waals surface area (Å²) in [6, 6.07) is 10.1. The van der Waals surface area contributed by atoms with Crippen molar-refractivity contribution in [3.8, 4) is 6.07 Å². The zero-order valence-corrected chi connectivity index (χ0v) is 31.2. The Balaban J connectivity index is 1.25. The number of likely N-dealkylation sites (tertiary alicyclic amines) is 1. The molecule has 2 saturated carbocycles. The van der Waals surface area contributed by atoms with Crippen LogP contribution in [0.2, 0.25) is 0 Å². The molecule has 6 aliphatic rings. The van der Waals surface area contributed by atoms with Crippen molar-refractivity contribution in [2.45, 2.75) is 127 Å². The van der Waals surface area contributed by atoms with E-state index >= 15 is 0 Å². The van der Waals surface area contributed by atoms with E-state index < -0.39 is 0 Å². The highest BCUT2D eigenvalue weighted by molar-refractivity contribution is 5.87. The largest absolute Gasteiger partial charge is 0.374 e. The number of nitrogens with zero attached hydrogens (tertiary/aromatic N) is 5. The predicted octanol–water partition coefficient (Wildman–Crippen LogP) is 5.40. The first kappa shape index (κ1) is 35.9. The van der Waals surface area contributed by atoms with Gasteiger partial charge >= 0.3 is 0 Å². The van der Waals surface area contributed by atoms with E-state index in [1.165, 1.54) is 87.1 Å². The van der Waals surface area contributed by atoms with Crippen LogP contribution < -0.4 is 15.5 Å². The van der Waals surface area contributed by atoms with E-state index in [0.29, 0.717) is 43.4 Å². The molecule has 7 atom stereocenters. The number of nitrogens with one attached hydrogen (secondary N) is 2. The highest BCUT2D eigenvalue weighted by Gasteiger charge is 2.60. The molecule has 9 heteroatoms. The number of carbonyl (C=O) groups excluding carboxylic acids is 1. The van der Waals surface area contributed by atoms with Crippen molar-refractivity contribution in [2.75, 3.05) is 58.3 Å². The molecule has 1 spiro atoms. The Bertz CT molecular complexity index is 1410. The zero-order valence-electron chi connectivity index (χ0n) is 31.2. The van der Waals surface area contributed by atoms with Crippen LogP contribution in [0.4, 0.5) is 5.69 Å². The first-order valence-corrected chi connectivity index (χ1v) is 20.0. The quantitative estimate of drug-likeness (QED) is 0.370. The van der Waals surface area contributed by atoms with E-state index in [0.717, 1.165) is 45.5 Å². The van der Waals surface area contributed by atoms with Gasteiger partial charge in [-0.3, -0.25) is 20.3 Å². The number of aryl methyl sites for hydroxylation is 1. The Morgan fingerprint density at radius 2 is 1.86 bits per heavy atom. The molecule has 50 heavy (non-hydrogen) atoms. The molecule has 2 aliphatic carbocycles. The summed E-state index contributed by atoms with van der Waals surface area (Å²) in [5.41, 5.74) is 4.17. The van der Waals surface area contributed by atoms with E-state index in [1.54, 1.807) is 0 Å². The third-order valence-electron chi connectivity index (χ3n) is 13.8. The SMILES string of the molecule is C=CC(=O)N1CCN(C2(C3CCCCCCC3)NC(OCC3CCCN3C)NC3C[C@@]4(CCC32)Cc2cc(C)ccc2N(C)C4)CC1CC#N. The van der Waals surface area contributed by atoms with E-state index in [1.807, 2.05) is 4.90 Å². The Morgan fingerprint density at radius 1 is 1.06 bits per heavy atom. The van der Waals surface area contributed by atoms with Gasteiger partial charge in [0.25, 0.3) is 0 Å². The highest BCUT2D eigenvalue weighted by Crippen LogP contribution is 2.53. The van der Waals surface area contributed by atoms with Crippen molar-refractivity contribution in [1.29, 1.82) is 5.26 Å². The number of hydrogen-bond donors (Lipinski definition) is 2. The van der Waals surface area contributed by atoms with Crippen LogP contribution in [0, 0.1) is 35.5 Å². The molecule has 0 bridgehead atoms. The molecule has 4 aliphatic heterocycles. The van der Waals surface area contributed by atoms with Gasteiger partial charge in [-0.1, -0.05) is 56.4 Å². The lowest BCUT2D eigenvalue weighted by Crippen LogP contribution is -2.81. The fourth-order valence-electron chi connectivity index (χ4n) is 11.5. The molecule has 9 nitrogen and oxygen atoms in total. The maximum absolute atomic E-state index is 13.1. The third kappa shape index (κ3) is 7.00. The first-order chi connectivity index (χ1) is 24.2. The maximum atomic E-state index is 13.1.